The molecule has 6 nitrogen and oxygen atoms in total. The number of nitrogens with one attached hydrogen (secondary N) is 1. The van der Waals surface area contributed by atoms with Gasteiger partial charge in [-0.2, -0.15) is 0 Å². The number of likely N-dealkylation sites (tertiary alicyclic amines) is 1. The first kappa shape index (κ1) is 13.8. The van der Waals surface area contributed by atoms with E-state index >= 15 is 0 Å². The average molecular weight is 283 g/mol. The van der Waals surface area contributed by atoms with Crippen molar-refractivity contribution in [2.24, 2.45) is 11.8 Å². The molecule has 7 heteroatoms. The van der Waals surface area contributed by atoms with Crippen molar-refractivity contribution in [2.75, 3.05) is 13.1 Å². The Labute approximate surface area is 115 Å². The fourth-order valence-corrected chi connectivity index (χ4v) is 2.86. The van der Waals surface area contributed by atoms with Crippen LogP contribution in [0.1, 0.15) is 18.4 Å². The number of rotatable bonds is 3. The van der Waals surface area contributed by atoms with Gasteiger partial charge in [0.25, 0.3) is 0 Å². The summed E-state index contributed by atoms with van der Waals surface area (Å²) in [4.78, 5) is 28.7. The molecule has 1 aliphatic rings. The molecule has 1 aromatic heterocycles. The number of aliphatic carboxylic acids is 1. The average Bonchev–Trinajstić information content (AvgIpc) is 2.88. The van der Waals surface area contributed by atoms with Crippen molar-refractivity contribution in [2.45, 2.75) is 19.9 Å². The molecule has 2 unspecified atom stereocenters. The Balaban J connectivity index is 1.89. The Kier molecular flexibility index (Phi) is 4.36. The fourth-order valence-electron chi connectivity index (χ4n) is 2.30. The summed E-state index contributed by atoms with van der Waals surface area (Å²) >= 11 is 1.48. The molecule has 0 spiro atoms. The van der Waals surface area contributed by atoms with E-state index in [4.69, 9.17) is 5.11 Å². The molecule has 0 saturated carbocycles. The molecular weight excluding hydrogens is 266 g/mol. The van der Waals surface area contributed by atoms with Gasteiger partial charge in [0, 0.05) is 24.7 Å². The van der Waals surface area contributed by atoms with Gasteiger partial charge in [0.2, 0.25) is 0 Å². The molecule has 19 heavy (non-hydrogen) atoms. The lowest BCUT2D eigenvalue weighted by Gasteiger charge is -2.34. The van der Waals surface area contributed by atoms with Crippen LogP contribution in [-0.4, -0.2) is 40.1 Å². The molecule has 2 N–H and O–H groups in total. The van der Waals surface area contributed by atoms with E-state index in [0.717, 1.165) is 5.01 Å². The van der Waals surface area contributed by atoms with Crippen LogP contribution >= 0.6 is 11.3 Å². The van der Waals surface area contributed by atoms with Gasteiger partial charge in [0.05, 0.1) is 12.5 Å². The minimum absolute atomic E-state index is 0.209. The molecule has 0 aromatic carbocycles. The van der Waals surface area contributed by atoms with Crippen molar-refractivity contribution in [3.05, 3.63) is 16.6 Å². The van der Waals surface area contributed by atoms with Crippen LogP contribution in [0, 0.1) is 11.8 Å². The number of carbonyl (C=O) groups excluding carboxylic acids is 1. The van der Waals surface area contributed by atoms with Crippen LogP contribution < -0.4 is 5.32 Å². The lowest BCUT2D eigenvalue weighted by Crippen LogP contribution is -2.49. The number of carboxylic acids is 1. The van der Waals surface area contributed by atoms with Crippen molar-refractivity contribution >= 4 is 23.3 Å². The van der Waals surface area contributed by atoms with Gasteiger partial charge in [-0.25, -0.2) is 9.78 Å². The third kappa shape index (κ3) is 3.66. The Morgan fingerprint density at radius 2 is 2.37 bits per heavy atom. The largest absolute Gasteiger partial charge is 0.481 e. The molecule has 0 bridgehead atoms. The first-order valence-corrected chi connectivity index (χ1v) is 7.08. The monoisotopic (exact) mass is 283 g/mol. The summed E-state index contributed by atoms with van der Waals surface area (Å²) < 4.78 is 0. The summed E-state index contributed by atoms with van der Waals surface area (Å²) in [5.41, 5.74) is 0. The number of piperidine rings is 1. The van der Waals surface area contributed by atoms with Crippen LogP contribution in [0.15, 0.2) is 11.6 Å². The first-order valence-electron chi connectivity index (χ1n) is 6.20. The minimum Gasteiger partial charge on any atom is -0.481 e. The quantitative estimate of drug-likeness (QED) is 0.878. The maximum Gasteiger partial charge on any atom is 0.317 e. The van der Waals surface area contributed by atoms with Gasteiger partial charge >= 0.3 is 12.0 Å². The smallest absolute Gasteiger partial charge is 0.317 e. The number of hydrogen-bond acceptors (Lipinski definition) is 4. The predicted octanol–water partition coefficient (Wildman–Crippen LogP) is 1.40. The number of thiazole rings is 1. The third-order valence-corrected chi connectivity index (χ3v) is 3.95. The molecule has 2 atom stereocenters. The SMILES string of the molecule is CC1CC(C(=O)O)CN(C(=O)NCc2nccs2)C1. The van der Waals surface area contributed by atoms with E-state index in [1.165, 1.54) is 11.3 Å². The topological polar surface area (TPSA) is 82.5 Å². The van der Waals surface area contributed by atoms with E-state index in [1.54, 1.807) is 11.1 Å². The third-order valence-electron chi connectivity index (χ3n) is 3.17. The molecule has 1 aromatic rings. The molecule has 2 amide bonds. The number of amides is 2. The van der Waals surface area contributed by atoms with E-state index in [9.17, 15) is 9.59 Å². The van der Waals surface area contributed by atoms with Gasteiger partial charge in [-0.3, -0.25) is 4.79 Å². The van der Waals surface area contributed by atoms with Crippen molar-refractivity contribution in [3.8, 4) is 0 Å². The highest BCUT2D eigenvalue weighted by atomic mass is 32.1. The van der Waals surface area contributed by atoms with E-state index in [-0.39, 0.29) is 18.5 Å². The highest BCUT2D eigenvalue weighted by Crippen LogP contribution is 2.21. The number of carbonyl (C=O) groups is 2. The summed E-state index contributed by atoms with van der Waals surface area (Å²) in [7, 11) is 0. The molecule has 104 valence electrons. The molecular formula is C12H17N3O3S. The maximum absolute atomic E-state index is 12.0. The standard InChI is InChI=1S/C12H17N3O3S/c1-8-4-9(11(16)17)7-15(6-8)12(18)14-5-10-13-2-3-19-10/h2-3,8-9H,4-7H2,1H3,(H,14,18)(H,16,17). The number of aromatic nitrogens is 1. The van der Waals surface area contributed by atoms with E-state index in [1.807, 2.05) is 12.3 Å². The van der Waals surface area contributed by atoms with Crippen LogP contribution in [0.3, 0.4) is 0 Å². The van der Waals surface area contributed by atoms with Crippen LogP contribution in [-0.2, 0) is 11.3 Å². The van der Waals surface area contributed by atoms with Crippen LogP contribution in [0.25, 0.3) is 0 Å². The Hall–Kier alpha value is -1.63. The molecule has 0 radical (unpaired) electrons. The summed E-state index contributed by atoms with van der Waals surface area (Å²) in [6, 6.07) is -0.215. The number of hydrogen-bond donors (Lipinski definition) is 2. The van der Waals surface area contributed by atoms with Crippen LogP contribution in [0.4, 0.5) is 4.79 Å². The van der Waals surface area contributed by atoms with Crippen molar-refractivity contribution < 1.29 is 14.7 Å². The summed E-state index contributed by atoms with van der Waals surface area (Å²) in [6.07, 6.45) is 2.32. The second-order valence-corrected chi connectivity index (χ2v) is 5.84. The predicted molar refractivity (Wildman–Crippen MR) is 70.8 cm³/mol. The van der Waals surface area contributed by atoms with Gasteiger partial charge in [-0.05, 0) is 12.3 Å². The van der Waals surface area contributed by atoms with Crippen molar-refractivity contribution in [1.82, 2.24) is 15.2 Å². The number of urea groups is 1. The molecule has 2 rings (SSSR count). The number of carboxylic acid groups (broad SMARTS) is 1. The van der Waals surface area contributed by atoms with Crippen LogP contribution in [0.5, 0.6) is 0 Å². The van der Waals surface area contributed by atoms with Gasteiger partial charge in [-0.1, -0.05) is 6.92 Å². The van der Waals surface area contributed by atoms with Crippen molar-refractivity contribution in [1.29, 1.82) is 0 Å². The zero-order valence-electron chi connectivity index (χ0n) is 10.7. The van der Waals surface area contributed by atoms with E-state index < -0.39 is 11.9 Å². The molecule has 1 saturated heterocycles. The number of nitrogens with zero attached hydrogens (tertiary/aromatic N) is 2. The zero-order chi connectivity index (χ0) is 13.8. The van der Waals surface area contributed by atoms with Gasteiger partial charge in [0.1, 0.15) is 5.01 Å². The molecule has 1 fully saturated rings. The molecule has 1 aliphatic heterocycles. The van der Waals surface area contributed by atoms with Crippen LogP contribution in [0.2, 0.25) is 0 Å². The summed E-state index contributed by atoms with van der Waals surface area (Å²) in [5.74, 6) is -1.08. The highest BCUT2D eigenvalue weighted by molar-refractivity contribution is 7.09. The second kappa shape index (κ2) is 6.01. The van der Waals surface area contributed by atoms with Gasteiger partial charge in [0.15, 0.2) is 0 Å². The van der Waals surface area contributed by atoms with Gasteiger partial charge in [-0.15, -0.1) is 11.3 Å². The van der Waals surface area contributed by atoms with E-state index in [2.05, 4.69) is 10.3 Å². The summed E-state index contributed by atoms with van der Waals surface area (Å²) in [6.45, 7) is 3.24. The highest BCUT2D eigenvalue weighted by Gasteiger charge is 2.31. The summed E-state index contributed by atoms with van der Waals surface area (Å²) in [5, 5.41) is 14.5. The lowest BCUT2D eigenvalue weighted by atomic mass is 9.91. The Morgan fingerprint density at radius 3 is 3.00 bits per heavy atom. The lowest BCUT2D eigenvalue weighted by molar-refractivity contribution is -0.143. The maximum atomic E-state index is 12.0. The normalized spacial score (nSPS) is 23.1. The minimum atomic E-state index is -0.829. The van der Waals surface area contributed by atoms with Crippen molar-refractivity contribution in [3.63, 3.8) is 0 Å². The Morgan fingerprint density at radius 1 is 1.58 bits per heavy atom. The fraction of sp³-hybridized carbons (Fsp3) is 0.583. The zero-order valence-corrected chi connectivity index (χ0v) is 11.5. The second-order valence-electron chi connectivity index (χ2n) is 4.87. The Bertz CT molecular complexity index is 449. The van der Waals surface area contributed by atoms with E-state index in [0.29, 0.717) is 19.5 Å². The molecule has 2 heterocycles. The van der Waals surface area contributed by atoms with Gasteiger partial charge < -0.3 is 15.3 Å². The first-order chi connectivity index (χ1) is 9.06. The molecule has 0 aliphatic carbocycles.